The van der Waals surface area contributed by atoms with E-state index in [4.69, 9.17) is 4.74 Å². The lowest BCUT2D eigenvalue weighted by atomic mass is 9.82. The fourth-order valence-electron chi connectivity index (χ4n) is 3.54. The fourth-order valence-corrected chi connectivity index (χ4v) is 3.54. The van der Waals surface area contributed by atoms with Gasteiger partial charge in [0.2, 0.25) is 0 Å². The second-order valence-electron chi connectivity index (χ2n) is 8.35. The summed E-state index contributed by atoms with van der Waals surface area (Å²) in [6, 6.07) is 13.0. The maximum Gasteiger partial charge on any atom is 0.414 e. The number of hydrogen-bond donors (Lipinski definition) is 2. The Morgan fingerprint density at radius 1 is 1.18 bits per heavy atom. The van der Waals surface area contributed by atoms with E-state index in [2.05, 4.69) is 13.8 Å². The maximum atomic E-state index is 12.2. The molecular formula is C23H29NO4. The molecule has 150 valence electrons. The minimum absolute atomic E-state index is 0.0420. The van der Waals surface area contributed by atoms with Crippen LogP contribution in [-0.2, 0) is 11.3 Å². The van der Waals surface area contributed by atoms with E-state index in [0.29, 0.717) is 19.6 Å². The van der Waals surface area contributed by atoms with Crippen molar-refractivity contribution in [2.75, 3.05) is 11.4 Å². The van der Waals surface area contributed by atoms with Crippen molar-refractivity contribution in [3.05, 3.63) is 59.2 Å². The van der Waals surface area contributed by atoms with Crippen LogP contribution in [0.1, 0.15) is 55.9 Å². The Labute approximate surface area is 166 Å². The number of carbonyl (C=O) groups is 1. The summed E-state index contributed by atoms with van der Waals surface area (Å²) in [6.07, 6.45) is 1.38. The zero-order chi connectivity index (χ0) is 20.3. The maximum absolute atomic E-state index is 12.2. The molecule has 2 aromatic carbocycles. The van der Waals surface area contributed by atoms with E-state index in [9.17, 15) is 15.0 Å². The zero-order valence-corrected chi connectivity index (χ0v) is 16.8. The summed E-state index contributed by atoms with van der Waals surface area (Å²) < 4.78 is 5.29. The molecule has 0 fully saturated rings. The summed E-state index contributed by atoms with van der Waals surface area (Å²) in [6.45, 7) is 7.04. The first kappa shape index (κ1) is 20.2. The Morgan fingerprint density at radius 3 is 2.68 bits per heavy atom. The largest absolute Gasteiger partial charge is 0.508 e. The molecule has 0 saturated heterocycles. The molecule has 0 radical (unpaired) electrons. The van der Waals surface area contributed by atoms with Crippen molar-refractivity contribution < 1.29 is 19.7 Å². The van der Waals surface area contributed by atoms with E-state index in [1.54, 1.807) is 17.0 Å². The zero-order valence-electron chi connectivity index (χ0n) is 16.8. The Hall–Kier alpha value is -2.53. The minimum atomic E-state index is -0.570. The number of nitrogens with zero attached hydrogens (tertiary/aromatic N) is 1. The number of amides is 1. The molecule has 2 N–H and O–H groups in total. The number of para-hydroxylation sites is 1. The molecule has 0 spiro atoms. The molecule has 1 unspecified atom stereocenters. The monoisotopic (exact) mass is 383 g/mol. The SMILES string of the molecule is Cc1cc(C(O)CCC(C)(C)CCN2C(=O)OCc3ccccc32)ccc1O. The highest BCUT2D eigenvalue weighted by Gasteiger charge is 2.28. The molecule has 1 aliphatic rings. The van der Waals surface area contributed by atoms with Crippen LogP contribution < -0.4 is 4.90 Å². The third-order valence-corrected chi connectivity index (χ3v) is 5.57. The van der Waals surface area contributed by atoms with Crippen LogP contribution in [0.5, 0.6) is 5.75 Å². The van der Waals surface area contributed by atoms with Gasteiger partial charge in [-0.3, -0.25) is 4.90 Å². The van der Waals surface area contributed by atoms with Crippen LogP contribution in [0.25, 0.3) is 0 Å². The summed E-state index contributed by atoms with van der Waals surface area (Å²) in [5.74, 6) is 0.241. The first-order chi connectivity index (χ1) is 13.3. The van der Waals surface area contributed by atoms with E-state index in [0.717, 1.165) is 35.2 Å². The van der Waals surface area contributed by atoms with Crippen LogP contribution in [0.2, 0.25) is 0 Å². The summed E-state index contributed by atoms with van der Waals surface area (Å²) in [7, 11) is 0. The van der Waals surface area contributed by atoms with Gasteiger partial charge in [0.1, 0.15) is 12.4 Å². The number of aliphatic hydroxyl groups is 1. The quantitative estimate of drug-likeness (QED) is 0.699. The molecular weight excluding hydrogens is 354 g/mol. The number of phenols is 1. The van der Waals surface area contributed by atoms with Gasteiger partial charge in [-0.15, -0.1) is 0 Å². The predicted molar refractivity (Wildman–Crippen MR) is 109 cm³/mol. The Kier molecular flexibility index (Phi) is 5.94. The molecule has 0 bridgehead atoms. The van der Waals surface area contributed by atoms with E-state index in [1.807, 2.05) is 37.3 Å². The number of aliphatic hydroxyl groups excluding tert-OH is 1. The minimum Gasteiger partial charge on any atom is -0.508 e. The Morgan fingerprint density at radius 2 is 1.93 bits per heavy atom. The van der Waals surface area contributed by atoms with Crippen LogP contribution >= 0.6 is 0 Å². The van der Waals surface area contributed by atoms with Gasteiger partial charge in [0.15, 0.2) is 0 Å². The number of benzene rings is 2. The van der Waals surface area contributed by atoms with Gasteiger partial charge in [-0.25, -0.2) is 4.79 Å². The van der Waals surface area contributed by atoms with Crippen molar-refractivity contribution in [2.24, 2.45) is 5.41 Å². The number of phenolic OH excluding ortho intramolecular Hbond substituents is 1. The van der Waals surface area contributed by atoms with Crippen molar-refractivity contribution >= 4 is 11.8 Å². The van der Waals surface area contributed by atoms with E-state index in [-0.39, 0.29) is 17.3 Å². The number of cyclic esters (lactones) is 1. The highest BCUT2D eigenvalue weighted by atomic mass is 16.6. The molecule has 2 aromatic rings. The number of rotatable bonds is 7. The Bertz CT molecular complexity index is 846. The molecule has 1 atom stereocenters. The van der Waals surface area contributed by atoms with Gasteiger partial charge in [0.05, 0.1) is 11.8 Å². The lowest BCUT2D eigenvalue weighted by Crippen LogP contribution is -2.38. The third-order valence-electron chi connectivity index (χ3n) is 5.57. The van der Waals surface area contributed by atoms with Crippen molar-refractivity contribution in [1.29, 1.82) is 0 Å². The molecule has 0 aromatic heterocycles. The Balaban J connectivity index is 1.58. The molecule has 3 rings (SSSR count). The highest BCUT2D eigenvalue weighted by molar-refractivity contribution is 5.90. The molecule has 1 aliphatic heterocycles. The molecule has 1 heterocycles. The first-order valence-electron chi connectivity index (χ1n) is 9.77. The standard InChI is InChI=1S/C23H29NO4/c1-16-14-17(8-9-20(16)25)21(26)10-11-23(2,3)12-13-24-19-7-5-4-6-18(19)15-28-22(24)27/h4-9,14,21,25-26H,10-13,15H2,1-3H3. The highest BCUT2D eigenvalue weighted by Crippen LogP contribution is 2.34. The number of ether oxygens (including phenoxy) is 1. The number of anilines is 1. The van der Waals surface area contributed by atoms with Gasteiger partial charge in [-0.2, -0.15) is 0 Å². The molecule has 5 nitrogen and oxygen atoms in total. The van der Waals surface area contributed by atoms with Gasteiger partial charge in [-0.05, 0) is 60.9 Å². The number of aryl methyl sites for hydroxylation is 1. The summed E-state index contributed by atoms with van der Waals surface area (Å²) >= 11 is 0. The van der Waals surface area contributed by atoms with Gasteiger partial charge >= 0.3 is 6.09 Å². The summed E-state index contributed by atoms with van der Waals surface area (Å²) in [5.41, 5.74) is 3.49. The van der Waals surface area contributed by atoms with Crippen molar-refractivity contribution in [3.8, 4) is 5.75 Å². The number of hydrogen-bond acceptors (Lipinski definition) is 4. The molecule has 0 aliphatic carbocycles. The smallest absolute Gasteiger partial charge is 0.414 e. The third kappa shape index (κ3) is 4.65. The van der Waals surface area contributed by atoms with E-state index in [1.165, 1.54) is 0 Å². The van der Waals surface area contributed by atoms with Gasteiger partial charge in [0, 0.05) is 12.1 Å². The van der Waals surface area contributed by atoms with Crippen LogP contribution in [0.15, 0.2) is 42.5 Å². The lowest BCUT2D eigenvalue weighted by Gasteiger charge is -2.33. The predicted octanol–water partition coefficient (Wildman–Crippen LogP) is 5.09. The molecule has 5 heteroatoms. The first-order valence-corrected chi connectivity index (χ1v) is 9.77. The van der Waals surface area contributed by atoms with Gasteiger partial charge < -0.3 is 14.9 Å². The summed E-state index contributed by atoms with van der Waals surface area (Å²) in [4.78, 5) is 13.9. The van der Waals surface area contributed by atoms with Crippen LogP contribution in [0.4, 0.5) is 10.5 Å². The van der Waals surface area contributed by atoms with Crippen molar-refractivity contribution in [1.82, 2.24) is 0 Å². The van der Waals surface area contributed by atoms with Crippen LogP contribution in [-0.4, -0.2) is 22.9 Å². The normalized spacial score (nSPS) is 15.1. The number of aromatic hydroxyl groups is 1. The van der Waals surface area contributed by atoms with Crippen LogP contribution in [0, 0.1) is 12.3 Å². The molecule has 1 amide bonds. The van der Waals surface area contributed by atoms with E-state index < -0.39 is 6.10 Å². The topological polar surface area (TPSA) is 70.0 Å². The average molecular weight is 383 g/mol. The van der Waals surface area contributed by atoms with Crippen LogP contribution in [0.3, 0.4) is 0 Å². The molecule has 0 saturated carbocycles. The van der Waals surface area contributed by atoms with E-state index >= 15 is 0 Å². The average Bonchev–Trinajstić information content (AvgIpc) is 2.67. The second kappa shape index (κ2) is 8.23. The van der Waals surface area contributed by atoms with Gasteiger partial charge in [-0.1, -0.05) is 38.1 Å². The molecule has 28 heavy (non-hydrogen) atoms. The second-order valence-corrected chi connectivity index (χ2v) is 8.35. The van der Waals surface area contributed by atoms with Crippen molar-refractivity contribution in [3.63, 3.8) is 0 Å². The number of carbonyl (C=O) groups excluding carboxylic acids is 1. The van der Waals surface area contributed by atoms with Crippen molar-refractivity contribution in [2.45, 2.75) is 52.7 Å². The van der Waals surface area contributed by atoms with Gasteiger partial charge in [0.25, 0.3) is 0 Å². The summed E-state index contributed by atoms with van der Waals surface area (Å²) in [5, 5.41) is 20.2. The fraction of sp³-hybridized carbons (Fsp3) is 0.435. The number of fused-ring (bicyclic) bond motifs is 1. The lowest BCUT2D eigenvalue weighted by molar-refractivity contribution is 0.134.